The van der Waals surface area contributed by atoms with Crippen LogP contribution in [0.2, 0.25) is 0 Å². The molecule has 1 amide bonds. The molecule has 2 atom stereocenters. The minimum Gasteiger partial charge on any atom is -0.475 e. The van der Waals surface area contributed by atoms with Crippen LogP contribution in [0.3, 0.4) is 0 Å². The van der Waals surface area contributed by atoms with E-state index in [9.17, 15) is 19.7 Å². The fraction of sp³-hybridized carbons (Fsp3) is 0.484. The number of likely N-dealkylation sites (N-methyl/N-ethyl adjacent to an activating group) is 1. The average molecular weight is 558 g/mol. The number of piperazine rings is 1. The van der Waals surface area contributed by atoms with E-state index in [0.717, 1.165) is 41.9 Å². The van der Waals surface area contributed by atoms with Gasteiger partial charge in [0.05, 0.1) is 42.1 Å². The van der Waals surface area contributed by atoms with Gasteiger partial charge in [-0.15, -0.1) is 0 Å². The van der Waals surface area contributed by atoms with Crippen molar-refractivity contribution in [3.05, 3.63) is 59.1 Å². The molecule has 9 nitrogen and oxygen atoms in total. The minimum absolute atomic E-state index is 0.170. The second kappa shape index (κ2) is 12.2. The van der Waals surface area contributed by atoms with E-state index >= 15 is 0 Å². The molecule has 0 bridgehead atoms. The van der Waals surface area contributed by atoms with Crippen LogP contribution in [-0.4, -0.2) is 79.2 Å². The van der Waals surface area contributed by atoms with Crippen LogP contribution in [0.25, 0.3) is 0 Å². The monoisotopic (exact) mass is 557 g/mol. The maximum atomic E-state index is 14.9. The molecule has 10 heteroatoms. The maximum absolute atomic E-state index is 14.9. The number of likely N-dealkylation sites (tertiary alicyclic amines) is 1. The highest BCUT2D eigenvalue weighted by Crippen LogP contribution is 2.39. The average Bonchev–Trinajstić information content (AvgIpc) is 3.39. The van der Waals surface area contributed by atoms with Crippen molar-refractivity contribution < 1.29 is 13.9 Å². The summed E-state index contributed by atoms with van der Waals surface area (Å²) in [4.78, 5) is 25.5. The Kier molecular flexibility index (Phi) is 8.41. The third-order valence-electron chi connectivity index (χ3n) is 8.58. The molecule has 1 aromatic heterocycles. The number of carbonyl (C=O) groups excluding carboxylic acids is 1. The molecular formula is C31H36FN7O2. The summed E-state index contributed by atoms with van der Waals surface area (Å²) < 4.78 is 21.2. The molecule has 2 fully saturated rings. The zero-order valence-electron chi connectivity index (χ0n) is 23.8. The van der Waals surface area contributed by atoms with Crippen LogP contribution in [0.4, 0.5) is 15.8 Å². The fourth-order valence-corrected chi connectivity index (χ4v) is 6.41. The maximum Gasteiger partial charge on any atom is 0.246 e. The van der Waals surface area contributed by atoms with Gasteiger partial charge in [-0.2, -0.15) is 10.5 Å². The Morgan fingerprint density at radius 1 is 1.20 bits per heavy atom. The number of pyridine rings is 1. The lowest BCUT2D eigenvalue weighted by atomic mass is 9.96. The number of nitriles is 2. The van der Waals surface area contributed by atoms with Gasteiger partial charge in [0.2, 0.25) is 11.8 Å². The van der Waals surface area contributed by atoms with E-state index in [1.165, 1.54) is 12.1 Å². The van der Waals surface area contributed by atoms with Gasteiger partial charge in [-0.05, 0) is 57.5 Å². The summed E-state index contributed by atoms with van der Waals surface area (Å²) in [6.45, 7) is 9.20. The van der Waals surface area contributed by atoms with Crippen LogP contribution in [-0.2, 0) is 17.8 Å². The van der Waals surface area contributed by atoms with Gasteiger partial charge in [-0.25, -0.2) is 9.37 Å². The third kappa shape index (κ3) is 5.57. The van der Waals surface area contributed by atoms with Crippen molar-refractivity contribution in [3.63, 3.8) is 0 Å². The van der Waals surface area contributed by atoms with E-state index in [1.807, 2.05) is 17.9 Å². The minimum atomic E-state index is -0.340. The second-order valence-corrected chi connectivity index (χ2v) is 11.0. The number of para-hydroxylation sites is 1. The Hall–Kier alpha value is -4.15. The van der Waals surface area contributed by atoms with Gasteiger partial charge in [0.25, 0.3) is 0 Å². The SMILES string of the molecule is C=CC(=O)N1CCN(c2c(C#N)c(OCC3CCCN3C)nc3c2CCN(c2c(C)cccc2F)C3)CC1CC#N. The molecular weight excluding hydrogens is 521 g/mol. The lowest BCUT2D eigenvalue weighted by molar-refractivity contribution is -0.128. The molecule has 5 rings (SSSR count). The number of aryl methyl sites for hydroxylation is 1. The quantitative estimate of drug-likeness (QED) is 0.477. The van der Waals surface area contributed by atoms with Crippen LogP contribution in [0, 0.1) is 35.4 Å². The lowest BCUT2D eigenvalue weighted by Gasteiger charge is -2.43. The molecule has 0 N–H and O–H groups in total. The predicted octanol–water partition coefficient (Wildman–Crippen LogP) is 3.55. The summed E-state index contributed by atoms with van der Waals surface area (Å²) in [5, 5.41) is 19.9. The summed E-state index contributed by atoms with van der Waals surface area (Å²) >= 11 is 0. The summed E-state index contributed by atoms with van der Waals surface area (Å²) in [6.07, 6.45) is 4.14. The Morgan fingerprint density at radius 2 is 2.02 bits per heavy atom. The number of aromatic nitrogens is 1. The van der Waals surface area contributed by atoms with Gasteiger partial charge < -0.3 is 24.3 Å². The van der Waals surface area contributed by atoms with E-state index in [0.29, 0.717) is 57.0 Å². The van der Waals surface area contributed by atoms with Gasteiger partial charge in [0.1, 0.15) is 24.1 Å². The molecule has 214 valence electrons. The first-order chi connectivity index (χ1) is 19.9. The fourth-order valence-electron chi connectivity index (χ4n) is 6.41. The van der Waals surface area contributed by atoms with Crippen molar-refractivity contribution in [2.45, 2.75) is 51.2 Å². The number of nitrogens with zero attached hydrogens (tertiary/aromatic N) is 7. The Morgan fingerprint density at radius 3 is 2.71 bits per heavy atom. The molecule has 0 spiro atoms. The van der Waals surface area contributed by atoms with Gasteiger partial charge in [0.15, 0.2) is 0 Å². The largest absolute Gasteiger partial charge is 0.475 e. The Bertz CT molecular complexity index is 1390. The number of rotatable bonds is 7. The van der Waals surface area contributed by atoms with Crippen molar-refractivity contribution in [1.29, 1.82) is 10.5 Å². The van der Waals surface area contributed by atoms with Crippen LogP contribution in [0.1, 0.15) is 41.6 Å². The molecule has 0 saturated carbocycles. The number of carbonyl (C=O) groups is 1. The zero-order valence-corrected chi connectivity index (χ0v) is 23.8. The number of hydrogen-bond donors (Lipinski definition) is 0. The summed E-state index contributed by atoms with van der Waals surface area (Å²) in [7, 11) is 2.08. The third-order valence-corrected chi connectivity index (χ3v) is 8.58. The summed E-state index contributed by atoms with van der Waals surface area (Å²) in [5.74, 6) is -0.191. The van der Waals surface area contributed by atoms with Gasteiger partial charge in [-0.3, -0.25) is 4.79 Å². The molecule has 3 aliphatic heterocycles. The van der Waals surface area contributed by atoms with Crippen molar-refractivity contribution in [2.24, 2.45) is 0 Å². The van der Waals surface area contributed by atoms with E-state index in [2.05, 4.69) is 35.6 Å². The standard InChI is InChI=1S/C31H36FN7O2/c1-4-28(40)39-16-15-38(18-22(39)10-12-33)30-24-11-14-37(29-21(2)7-5-9-26(29)32)19-27(24)35-31(25(30)17-34)41-20-23-8-6-13-36(23)3/h4-5,7,9,22-23H,1,6,8,10-11,13-16,18-20H2,2-3H3. The number of anilines is 2. The van der Waals surface area contributed by atoms with Crippen molar-refractivity contribution >= 4 is 17.3 Å². The molecule has 0 aliphatic carbocycles. The highest BCUT2D eigenvalue weighted by atomic mass is 19.1. The number of hydrogen-bond acceptors (Lipinski definition) is 8. The van der Waals surface area contributed by atoms with Crippen molar-refractivity contribution in [2.75, 3.05) is 56.2 Å². The number of fused-ring (bicyclic) bond motifs is 1. The first-order valence-corrected chi connectivity index (χ1v) is 14.2. The zero-order chi connectivity index (χ0) is 29.1. The normalized spacial score (nSPS) is 20.8. The Balaban J connectivity index is 1.55. The number of ether oxygens (including phenoxy) is 1. The molecule has 2 aromatic rings. The summed E-state index contributed by atoms with van der Waals surface area (Å²) in [5.41, 5.74) is 4.24. The highest BCUT2D eigenvalue weighted by molar-refractivity contribution is 5.87. The van der Waals surface area contributed by atoms with E-state index in [-0.39, 0.29) is 36.1 Å². The molecule has 0 radical (unpaired) electrons. The van der Waals surface area contributed by atoms with E-state index in [1.54, 1.807) is 11.0 Å². The number of halogens is 1. The van der Waals surface area contributed by atoms with Gasteiger partial charge in [-0.1, -0.05) is 18.7 Å². The summed E-state index contributed by atoms with van der Waals surface area (Å²) in [6, 6.07) is 9.57. The topological polar surface area (TPSA) is 99.7 Å². The molecule has 2 saturated heterocycles. The molecule has 3 aliphatic rings. The molecule has 41 heavy (non-hydrogen) atoms. The smallest absolute Gasteiger partial charge is 0.246 e. The molecule has 1 aromatic carbocycles. The molecule has 4 heterocycles. The van der Waals surface area contributed by atoms with Crippen LogP contribution in [0.15, 0.2) is 30.9 Å². The van der Waals surface area contributed by atoms with Crippen LogP contribution < -0.4 is 14.5 Å². The second-order valence-electron chi connectivity index (χ2n) is 11.0. The Labute approximate surface area is 241 Å². The van der Waals surface area contributed by atoms with Gasteiger partial charge >= 0.3 is 0 Å². The van der Waals surface area contributed by atoms with E-state index < -0.39 is 0 Å². The van der Waals surface area contributed by atoms with E-state index in [4.69, 9.17) is 9.72 Å². The lowest BCUT2D eigenvalue weighted by Crippen LogP contribution is -2.55. The molecule has 2 unspecified atom stereocenters. The van der Waals surface area contributed by atoms with Crippen molar-refractivity contribution in [1.82, 2.24) is 14.8 Å². The first kappa shape index (κ1) is 28.4. The first-order valence-electron chi connectivity index (χ1n) is 14.2. The highest BCUT2D eigenvalue weighted by Gasteiger charge is 2.35. The number of benzene rings is 1. The van der Waals surface area contributed by atoms with Crippen LogP contribution >= 0.6 is 0 Å². The van der Waals surface area contributed by atoms with Crippen molar-refractivity contribution in [3.8, 4) is 18.0 Å². The van der Waals surface area contributed by atoms with Gasteiger partial charge in [0, 0.05) is 37.8 Å². The predicted molar refractivity (Wildman–Crippen MR) is 154 cm³/mol. The number of amides is 1. The van der Waals surface area contributed by atoms with Crippen LogP contribution in [0.5, 0.6) is 5.88 Å².